The molecule has 0 bridgehead atoms. The van der Waals surface area contributed by atoms with E-state index in [1.54, 1.807) is 66.7 Å². The number of anilines is 1. The van der Waals surface area contributed by atoms with Gasteiger partial charge in [-0.25, -0.2) is 8.42 Å². The summed E-state index contributed by atoms with van der Waals surface area (Å²) in [6, 6.07) is 39.1. The lowest BCUT2D eigenvalue weighted by molar-refractivity contribution is -0.181. The number of aryl methyl sites for hydroxylation is 2. The molecule has 5 aromatic carbocycles. The average molecular weight is 672 g/mol. The van der Waals surface area contributed by atoms with Gasteiger partial charge < -0.3 is 9.47 Å². The second-order valence-electron chi connectivity index (χ2n) is 12.3. The monoisotopic (exact) mass is 671 g/mol. The van der Waals surface area contributed by atoms with Crippen molar-refractivity contribution in [2.24, 2.45) is 5.41 Å². The average Bonchev–Trinajstić information content (AvgIpc) is 3.12. The number of hydrogen-bond acceptors (Lipinski definition) is 6. The fraction of sp³-hybridized carbons (Fsp3) is 0.171. The Labute approximate surface area is 287 Å². The van der Waals surface area contributed by atoms with Crippen LogP contribution in [0.2, 0.25) is 0 Å². The first-order valence-electron chi connectivity index (χ1n) is 16.0. The van der Waals surface area contributed by atoms with Gasteiger partial charge in [0.15, 0.2) is 0 Å². The molecule has 0 aromatic heterocycles. The van der Waals surface area contributed by atoms with Gasteiger partial charge in [-0.05, 0) is 60.4 Å². The molecule has 8 heteroatoms. The first-order chi connectivity index (χ1) is 23.6. The number of carbonyl (C=O) groups is 2. The van der Waals surface area contributed by atoms with E-state index < -0.39 is 39.3 Å². The van der Waals surface area contributed by atoms with Crippen LogP contribution in [0.15, 0.2) is 157 Å². The van der Waals surface area contributed by atoms with Crippen LogP contribution in [-0.2, 0) is 42.3 Å². The summed E-state index contributed by atoms with van der Waals surface area (Å²) in [4.78, 5) is 29.7. The molecule has 0 heterocycles. The molecule has 6 rings (SSSR count). The van der Waals surface area contributed by atoms with E-state index in [9.17, 15) is 18.0 Å². The Morgan fingerprint density at radius 1 is 0.653 bits per heavy atom. The van der Waals surface area contributed by atoms with Crippen molar-refractivity contribution in [3.05, 3.63) is 179 Å². The highest BCUT2D eigenvalue weighted by Gasteiger charge is 2.73. The fourth-order valence-electron chi connectivity index (χ4n) is 6.43. The number of hydrogen-bond donors (Lipinski definition) is 0. The Morgan fingerprint density at radius 3 is 1.55 bits per heavy atom. The molecule has 5 aromatic rings. The number of ether oxygens (including phenoxy) is 2. The van der Waals surface area contributed by atoms with Crippen molar-refractivity contribution in [1.29, 1.82) is 0 Å². The highest BCUT2D eigenvalue weighted by molar-refractivity contribution is 7.92. The summed E-state index contributed by atoms with van der Waals surface area (Å²) in [7, 11) is -4.39. The van der Waals surface area contributed by atoms with Crippen molar-refractivity contribution in [3.63, 3.8) is 0 Å². The van der Waals surface area contributed by atoms with Crippen LogP contribution in [0.3, 0.4) is 0 Å². The third kappa shape index (κ3) is 6.39. The van der Waals surface area contributed by atoms with Crippen LogP contribution in [0.1, 0.15) is 33.7 Å². The first-order valence-corrected chi connectivity index (χ1v) is 17.4. The van der Waals surface area contributed by atoms with Crippen LogP contribution in [0.4, 0.5) is 5.69 Å². The molecule has 1 aliphatic rings. The smallest absolute Gasteiger partial charge is 0.327 e. The van der Waals surface area contributed by atoms with E-state index in [-0.39, 0.29) is 23.8 Å². The van der Waals surface area contributed by atoms with Gasteiger partial charge in [-0.3, -0.25) is 13.9 Å². The molecule has 0 unspecified atom stereocenters. The van der Waals surface area contributed by atoms with E-state index in [1.165, 1.54) is 12.1 Å². The Balaban J connectivity index is 1.55. The van der Waals surface area contributed by atoms with Gasteiger partial charge in [0.2, 0.25) is 5.41 Å². The quantitative estimate of drug-likeness (QED) is 0.0813. The van der Waals surface area contributed by atoms with Gasteiger partial charge in [-0.1, -0.05) is 133 Å². The van der Waals surface area contributed by atoms with Gasteiger partial charge in [0.1, 0.15) is 13.2 Å². The molecule has 0 radical (unpaired) electrons. The zero-order chi connectivity index (χ0) is 34.6. The summed E-state index contributed by atoms with van der Waals surface area (Å²) in [6.07, 6.45) is 0. The molecule has 0 N–H and O–H groups in total. The van der Waals surface area contributed by atoms with Crippen molar-refractivity contribution < 1.29 is 27.5 Å². The molecule has 2 atom stereocenters. The predicted octanol–water partition coefficient (Wildman–Crippen LogP) is 7.69. The number of sulfonamides is 1. The molecular weight excluding hydrogens is 635 g/mol. The molecule has 0 amide bonds. The largest absolute Gasteiger partial charge is 0.460 e. The van der Waals surface area contributed by atoms with Crippen molar-refractivity contribution in [2.75, 3.05) is 4.31 Å². The van der Waals surface area contributed by atoms with Crippen LogP contribution < -0.4 is 4.31 Å². The predicted molar refractivity (Wildman–Crippen MR) is 189 cm³/mol. The number of carbonyl (C=O) groups excluding carboxylic acids is 2. The van der Waals surface area contributed by atoms with E-state index in [0.29, 0.717) is 22.3 Å². The van der Waals surface area contributed by atoms with Gasteiger partial charge in [0, 0.05) is 5.92 Å². The van der Waals surface area contributed by atoms with Gasteiger partial charge in [0.05, 0.1) is 16.6 Å². The van der Waals surface area contributed by atoms with Crippen molar-refractivity contribution in [3.8, 4) is 0 Å². The summed E-state index contributed by atoms with van der Waals surface area (Å²) in [5.74, 6) is -2.76. The van der Waals surface area contributed by atoms with E-state index in [2.05, 4.69) is 6.58 Å². The molecule has 1 aliphatic carbocycles. The van der Waals surface area contributed by atoms with Crippen LogP contribution in [-0.4, -0.2) is 26.4 Å². The van der Waals surface area contributed by atoms with Crippen LogP contribution >= 0.6 is 0 Å². The molecule has 0 aliphatic heterocycles. The number of para-hydroxylation sites is 1. The number of benzene rings is 5. The Bertz CT molecular complexity index is 1990. The Hall–Kier alpha value is -5.47. The van der Waals surface area contributed by atoms with Gasteiger partial charge in [-0.2, -0.15) is 0 Å². The third-order valence-electron chi connectivity index (χ3n) is 8.94. The molecule has 49 heavy (non-hydrogen) atoms. The lowest BCUT2D eigenvalue weighted by atomic mass is 9.51. The first kappa shape index (κ1) is 33.4. The number of nitrogens with zero attached hydrogens (tertiary/aromatic N) is 1. The van der Waals surface area contributed by atoms with E-state index in [1.807, 2.05) is 74.5 Å². The number of esters is 2. The van der Waals surface area contributed by atoms with E-state index in [0.717, 1.165) is 15.4 Å². The maximum absolute atomic E-state index is 14.8. The lowest BCUT2D eigenvalue weighted by Gasteiger charge is -2.56. The van der Waals surface area contributed by atoms with Crippen LogP contribution in [0, 0.1) is 19.3 Å². The standard InChI is InChI=1S/C41H37NO6S/c1-29-19-23-34(24-20-29)37-31(3)38(42(35-17-11-6-12-18-35)49(45,46)36-25-21-30(2)22-26-36)41(37,39(43)47-27-32-13-7-4-8-14-32)40(44)48-28-33-15-9-5-10-16-33/h4-26,37-38H,3,27-28H2,1-2H3/t37-,38+/m0/s1. The molecular formula is C41H37NO6S. The van der Waals surface area contributed by atoms with Crippen LogP contribution in [0.25, 0.3) is 0 Å². The van der Waals surface area contributed by atoms with E-state index in [4.69, 9.17) is 9.47 Å². The normalized spacial score (nSPS) is 16.7. The zero-order valence-corrected chi connectivity index (χ0v) is 28.2. The van der Waals surface area contributed by atoms with Crippen molar-refractivity contribution >= 4 is 27.6 Å². The van der Waals surface area contributed by atoms with Crippen molar-refractivity contribution in [1.82, 2.24) is 0 Å². The maximum atomic E-state index is 14.8. The summed E-state index contributed by atoms with van der Waals surface area (Å²) in [5, 5.41) is 0. The highest BCUT2D eigenvalue weighted by atomic mass is 32.2. The fourth-order valence-corrected chi connectivity index (χ4v) is 8.11. The molecule has 248 valence electrons. The topological polar surface area (TPSA) is 90.0 Å². The van der Waals surface area contributed by atoms with Crippen molar-refractivity contribution in [2.45, 2.75) is 43.9 Å². The minimum Gasteiger partial charge on any atom is -0.460 e. The summed E-state index contributed by atoms with van der Waals surface area (Å²) in [6.45, 7) is 7.89. The Morgan fingerprint density at radius 2 is 1.08 bits per heavy atom. The van der Waals surface area contributed by atoms with Gasteiger partial charge >= 0.3 is 11.9 Å². The third-order valence-corrected chi connectivity index (χ3v) is 10.8. The molecule has 0 saturated heterocycles. The summed E-state index contributed by atoms with van der Waals surface area (Å²) >= 11 is 0. The zero-order valence-electron chi connectivity index (χ0n) is 27.4. The molecule has 7 nitrogen and oxygen atoms in total. The highest BCUT2D eigenvalue weighted by Crippen LogP contribution is 2.61. The maximum Gasteiger partial charge on any atom is 0.327 e. The summed E-state index contributed by atoms with van der Waals surface area (Å²) < 4.78 is 42.7. The van der Waals surface area contributed by atoms with Crippen LogP contribution in [0.5, 0.6) is 0 Å². The molecule has 1 saturated carbocycles. The minimum atomic E-state index is -4.39. The Kier molecular flexibility index (Phi) is 9.51. The lowest BCUT2D eigenvalue weighted by Crippen LogP contribution is -2.70. The summed E-state index contributed by atoms with van der Waals surface area (Å²) in [5.41, 5.74) is 2.33. The second kappa shape index (κ2) is 13.9. The van der Waals surface area contributed by atoms with E-state index >= 15 is 0 Å². The second-order valence-corrected chi connectivity index (χ2v) is 14.1. The molecule has 1 fully saturated rings. The minimum absolute atomic E-state index is 0.00209. The van der Waals surface area contributed by atoms with Gasteiger partial charge in [0.25, 0.3) is 10.0 Å². The SMILES string of the molecule is C=C1[C@@H](c2ccc(C)cc2)C(C(=O)OCc2ccccc2)(C(=O)OCc2ccccc2)[C@@H]1N(c1ccccc1)S(=O)(=O)c1ccc(C)cc1. The van der Waals surface area contributed by atoms with Gasteiger partial charge in [-0.15, -0.1) is 0 Å². The number of rotatable bonds is 11. The molecule has 0 spiro atoms.